The molecule has 0 aromatic carbocycles. The number of likely N-dealkylation sites (N-methyl/N-ethyl adjacent to an activating group) is 1. The van der Waals surface area contributed by atoms with Gasteiger partial charge in [0.2, 0.25) is 0 Å². The quantitative estimate of drug-likeness (QED) is 0.799. The molecule has 1 unspecified atom stereocenters. The lowest BCUT2D eigenvalue weighted by atomic mass is 9.98. The number of carbonyl (C=O) groups excluding carboxylic acids is 1. The van der Waals surface area contributed by atoms with Crippen LogP contribution in [0, 0.1) is 0 Å². The zero-order valence-corrected chi connectivity index (χ0v) is 13.4. The van der Waals surface area contributed by atoms with Gasteiger partial charge in [-0.1, -0.05) is 13.0 Å². The molecular formula is C15H21N3O2S. The summed E-state index contributed by atoms with van der Waals surface area (Å²) in [7, 11) is 1.42. The fourth-order valence-electron chi connectivity index (χ4n) is 2.34. The predicted octanol–water partition coefficient (Wildman–Crippen LogP) is 2.54. The average molecular weight is 307 g/mol. The molecule has 0 bridgehead atoms. The Morgan fingerprint density at radius 3 is 3.00 bits per heavy atom. The Bertz CT molecular complexity index is 580. The summed E-state index contributed by atoms with van der Waals surface area (Å²) in [6.07, 6.45) is 4.37. The molecule has 0 aliphatic heterocycles. The molecular weight excluding hydrogens is 286 g/mol. The van der Waals surface area contributed by atoms with Gasteiger partial charge >= 0.3 is 5.97 Å². The number of esters is 1. The largest absolute Gasteiger partial charge is 0.468 e. The zero-order valence-electron chi connectivity index (χ0n) is 12.6. The van der Waals surface area contributed by atoms with Crippen LogP contribution in [0.15, 0.2) is 29.9 Å². The number of carbonyl (C=O) groups is 1. The van der Waals surface area contributed by atoms with Crippen LogP contribution in [0.3, 0.4) is 0 Å². The van der Waals surface area contributed by atoms with Gasteiger partial charge in [0.15, 0.2) is 0 Å². The Hall–Kier alpha value is -1.66. The van der Waals surface area contributed by atoms with Crippen molar-refractivity contribution in [3.8, 4) is 10.7 Å². The molecule has 2 aromatic heterocycles. The first-order chi connectivity index (χ1) is 10.1. The molecule has 0 amide bonds. The SMILES string of the molecule is CCNC(C)(CCn1ccnc1-c1cccs1)C(=O)OC. The van der Waals surface area contributed by atoms with Crippen molar-refractivity contribution >= 4 is 17.3 Å². The van der Waals surface area contributed by atoms with Gasteiger partial charge in [-0.3, -0.25) is 4.79 Å². The molecule has 2 heterocycles. The molecule has 2 aromatic rings. The number of aromatic nitrogens is 2. The van der Waals surface area contributed by atoms with E-state index in [4.69, 9.17) is 4.74 Å². The monoisotopic (exact) mass is 307 g/mol. The highest BCUT2D eigenvalue weighted by Crippen LogP contribution is 2.24. The summed E-state index contributed by atoms with van der Waals surface area (Å²) in [6, 6.07) is 4.06. The van der Waals surface area contributed by atoms with Crippen LogP contribution in [0.4, 0.5) is 0 Å². The number of hydrogen-bond donors (Lipinski definition) is 1. The van der Waals surface area contributed by atoms with E-state index in [1.54, 1.807) is 17.5 Å². The maximum absolute atomic E-state index is 12.0. The first kappa shape index (κ1) is 15.7. The van der Waals surface area contributed by atoms with E-state index in [0.717, 1.165) is 10.7 Å². The number of nitrogens with zero attached hydrogens (tertiary/aromatic N) is 2. The third-order valence-electron chi connectivity index (χ3n) is 3.51. The Kier molecular flexibility index (Phi) is 5.14. The van der Waals surface area contributed by atoms with Crippen molar-refractivity contribution in [2.75, 3.05) is 13.7 Å². The first-order valence-corrected chi connectivity index (χ1v) is 7.87. The number of thiophene rings is 1. The van der Waals surface area contributed by atoms with Crippen LogP contribution >= 0.6 is 11.3 Å². The number of hydrogen-bond acceptors (Lipinski definition) is 5. The number of rotatable bonds is 7. The van der Waals surface area contributed by atoms with Crippen LogP contribution in [-0.4, -0.2) is 34.7 Å². The predicted molar refractivity (Wildman–Crippen MR) is 84.3 cm³/mol. The lowest BCUT2D eigenvalue weighted by Crippen LogP contribution is -2.50. The Labute approximate surface area is 129 Å². The second-order valence-corrected chi connectivity index (χ2v) is 5.97. The molecule has 2 rings (SSSR count). The fraction of sp³-hybridized carbons (Fsp3) is 0.467. The molecule has 5 nitrogen and oxygen atoms in total. The van der Waals surface area contributed by atoms with Gasteiger partial charge in [-0.05, 0) is 31.3 Å². The van der Waals surface area contributed by atoms with Crippen molar-refractivity contribution in [3.63, 3.8) is 0 Å². The van der Waals surface area contributed by atoms with Gasteiger partial charge in [0, 0.05) is 18.9 Å². The van der Waals surface area contributed by atoms with Crippen LogP contribution in [0.2, 0.25) is 0 Å². The van der Waals surface area contributed by atoms with Crippen molar-refractivity contribution in [2.24, 2.45) is 0 Å². The van der Waals surface area contributed by atoms with Crippen LogP contribution in [0.25, 0.3) is 10.7 Å². The molecule has 0 fully saturated rings. The topological polar surface area (TPSA) is 56.2 Å². The van der Waals surface area contributed by atoms with Gasteiger partial charge < -0.3 is 14.6 Å². The van der Waals surface area contributed by atoms with Gasteiger partial charge in [-0.2, -0.15) is 0 Å². The minimum absolute atomic E-state index is 0.234. The van der Waals surface area contributed by atoms with E-state index in [1.807, 2.05) is 37.6 Å². The molecule has 0 saturated carbocycles. The fourth-order valence-corrected chi connectivity index (χ4v) is 3.08. The van der Waals surface area contributed by atoms with Crippen LogP contribution in [0.1, 0.15) is 20.3 Å². The number of ether oxygens (including phenoxy) is 1. The normalized spacial score (nSPS) is 13.9. The summed E-state index contributed by atoms with van der Waals surface area (Å²) in [5.41, 5.74) is -0.680. The minimum Gasteiger partial charge on any atom is -0.468 e. The number of aryl methyl sites for hydroxylation is 1. The van der Waals surface area contributed by atoms with E-state index in [0.29, 0.717) is 19.5 Å². The molecule has 0 saturated heterocycles. The van der Waals surface area contributed by atoms with E-state index >= 15 is 0 Å². The molecule has 1 N–H and O–H groups in total. The van der Waals surface area contributed by atoms with E-state index in [9.17, 15) is 4.79 Å². The van der Waals surface area contributed by atoms with E-state index in [-0.39, 0.29) is 5.97 Å². The third kappa shape index (κ3) is 3.51. The van der Waals surface area contributed by atoms with Gasteiger partial charge in [0.1, 0.15) is 11.4 Å². The first-order valence-electron chi connectivity index (χ1n) is 6.99. The molecule has 0 radical (unpaired) electrons. The molecule has 1 atom stereocenters. The Morgan fingerprint density at radius 1 is 1.57 bits per heavy atom. The lowest BCUT2D eigenvalue weighted by Gasteiger charge is -2.27. The highest BCUT2D eigenvalue weighted by molar-refractivity contribution is 7.13. The van der Waals surface area contributed by atoms with Crippen molar-refractivity contribution in [1.82, 2.24) is 14.9 Å². The maximum atomic E-state index is 12.0. The summed E-state index contributed by atoms with van der Waals surface area (Å²) in [5, 5.41) is 5.25. The highest BCUT2D eigenvalue weighted by Gasteiger charge is 2.33. The van der Waals surface area contributed by atoms with E-state index in [2.05, 4.69) is 14.9 Å². The van der Waals surface area contributed by atoms with Gasteiger partial charge in [-0.25, -0.2) is 4.98 Å². The standard InChI is InChI=1S/C15H21N3O2S/c1-4-17-15(2,14(19)20-3)7-9-18-10-8-16-13(18)12-6-5-11-21-12/h5-6,8,10-11,17H,4,7,9H2,1-3H3. The third-order valence-corrected chi connectivity index (χ3v) is 4.38. The Morgan fingerprint density at radius 2 is 2.38 bits per heavy atom. The van der Waals surface area contributed by atoms with E-state index < -0.39 is 5.54 Å². The van der Waals surface area contributed by atoms with Crippen molar-refractivity contribution in [1.29, 1.82) is 0 Å². The molecule has 0 spiro atoms. The summed E-state index contributed by atoms with van der Waals surface area (Å²) >= 11 is 1.66. The van der Waals surface area contributed by atoms with Gasteiger partial charge in [0.05, 0.1) is 12.0 Å². The molecule has 6 heteroatoms. The van der Waals surface area contributed by atoms with Crippen molar-refractivity contribution < 1.29 is 9.53 Å². The van der Waals surface area contributed by atoms with Gasteiger partial charge in [-0.15, -0.1) is 11.3 Å². The zero-order chi connectivity index (χ0) is 15.3. The van der Waals surface area contributed by atoms with Crippen LogP contribution in [0.5, 0.6) is 0 Å². The summed E-state index contributed by atoms with van der Waals surface area (Å²) in [6.45, 7) is 5.28. The average Bonchev–Trinajstić information content (AvgIpc) is 3.14. The van der Waals surface area contributed by atoms with E-state index in [1.165, 1.54) is 7.11 Å². The van der Waals surface area contributed by atoms with Crippen molar-refractivity contribution in [2.45, 2.75) is 32.4 Å². The summed E-state index contributed by atoms with van der Waals surface area (Å²) < 4.78 is 6.99. The summed E-state index contributed by atoms with van der Waals surface area (Å²) in [5.74, 6) is 0.704. The molecule has 0 aliphatic rings. The second kappa shape index (κ2) is 6.87. The highest BCUT2D eigenvalue weighted by atomic mass is 32.1. The molecule has 21 heavy (non-hydrogen) atoms. The minimum atomic E-state index is -0.680. The Balaban J connectivity index is 2.12. The smallest absolute Gasteiger partial charge is 0.325 e. The summed E-state index contributed by atoms with van der Waals surface area (Å²) in [4.78, 5) is 17.5. The second-order valence-electron chi connectivity index (χ2n) is 5.03. The van der Waals surface area contributed by atoms with Crippen molar-refractivity contribution in [3.05, 3.63) is 29.9 Å². The molecule has 114 valence electrons. The maximum Gasteiger partial charge on any atom is 0.325 e. The van der Waals surface area contributed by atoms with Crippen LogP contribution < -0.4 is 5.32 Å². The number of imidazole rings is 1. The molecule has 0 aliphatic carbocycles. The number of nitrogens with one attached hydrogen (secondary N) is 1. The van der Waals surface area contributed by atoms with Gasteiger partial charge in [0.25, 0.3) is 0 Å². The number of methoxy groups -OCH3 is 1. The van der Waals surface area contributed by atoms with Crippen LogP contribution in [-0.2, 0) is 16.1 Å². The lowest BCUT2D eigenvalue weighted by molar-refractivity contribution is -0.148.